The second kappa shape index (κ2) is 5.45. The maximum Gasteiger partial charge on any atom is 0.130 e. The number of nitrogens with one attached hydrogen (secondary N) is 1. The molecule has 0 amide bonds. The zero-order valence-electron chi connectivity index (χ0n) is 11.0. The molecule has 0 aliphatic carbocycles. The van der Waals surface area contributed by atoms with E-state index in [-0.39, 0.29) is 0 Å². The van der Waals surface area contributed by atoms with E-state index in [1.807, 2.05) is 19.9 Å². The average Bonchev–Trinajstić information content (AvgIpc) is 2.28. The van der Waals surface area contributed by atoms with Crippen molar-refractivity contribution in [3.8, 4) is 0 Å². The van der Waals surface area contributed by atoms with Gasteiger partial charge >= 0.3 is 0 Å². The third-order valence-electron chi connectivity index (χ3n) is 3.27. The summed E-state index contributed by atoms with van der Waals surface area (Å²) in [5, 5.41) is 3.53. The summed E-state index contributed by atoms with van der Waals surface area (Å²) in [4.78, 5) is 11.2. The largest absolute Gasteiger partial charge is 0.366 e. The first-order valence-corrected chi connectivity index (χ1v) is 6.48. The monoisotopic (exact) mass is 234 g/mol. The van der Waals surface area contributed by atoms with Gasteiger partial charge in [0, 0.05) is 24.3 Å². The molecule has 0 spiro atoms. The first kappa shape index (κ1) is 12.3. The number of hydrogen-bond acceptors (Lipinski definition) is 4. The molecule has 1 N–H and O–H groups in total. The van der Waals surface area contributed by atoms with Gasteiger partial charge in [-0.2, -0.15) is 0 Å². The number of piperidine rings is 1. The quantitative estimate of drug-likeness (QED) is 0.868. The van der Waals surface area contributed by atoms with Crippen LogP contribution in [-0.4, -0.2) is 40.5 Å². The molecule has 2 heterocycles. The van der Waals surface area contributed by atoms with Crippen molar-refractivity contribution < 1.29 is 0 Å². The van der Waals surface area contributed by atoms with Crippen LogP contribution in [0.3, 0.4) is 0 Å². The van der Waals surface area contributed by atoms with Gasteiger partial charge in [-0.15, -0.1) is 0 Å². The summed E-state index contributed by atoms with van der Waals surface area (Å²) in [7, 11) is 0. The normalized spacial score (nSPS) is 21.5. The Bertz CT molecular complexity index is 357. The maximum absolute atomic E-state index is 4.44. The highest BCUT2D eigenvalue weighted by atomic mass is 15.2. The second-order valence-corrected chi connectivity index (χ2v) is 4.82. The van der Waals surface area contributed by atoms with Crippen molar-refractivity contribution in [3.05, 3.63) is 17.6 Å². The van der Waals surface area contributed by atoms with Gasteiger partial charge in [-0.3, -0.25) is 0 Å². The summed E-state index contributed by atoms with van der Waals surface area (Å²) < 4.78 is 0. The lowest BCUT2D eigenvalue weighted by Gasteiger charge is -2.32. The molecular formula is C13H22N4. The fourth-order valence-corrected chi connectivity index (χ4v) is 2.46. The highest BCUT2D eigenvalue weighted by Gasteiger charge is 2.18. The van der Waals surface area contributed by atoms with Gasteiger partial charge in [0.15, 0.2) is 0 Å². The summed E-state index contributed by atoms with van der Waals surface area (Å²) in [5.41, 5.74) is 1.03. The zero-order valence-corrected chi connectivity index (χ0v) is 11.0. The number of nitrogens with zero attached hydrogens (tertiary/aromatic N) is 3. The summed E-state index contributed by atoms with van der Waals surface area (Å²) >= 11 is 0. The molecule has 4 heteroatoms. The van der Waals surface area contributed by atoms with Crippen LogP contribution in [0.15, 0.2) is 6.07 Å². The summed E-state index contributed by atoms with van der Waals surface area (Å²) in [6, 6.07) is 2.55. The van der Waals surface area contributed by atoms with Gasteiger partial charge in [0.1, 0.15) is 11.6 Å². The Morgan fingerprint density at radius 1 is 1.41 bits per heavy atom. The van der Waals surface area contributed by atoms with Gasteiger partial charge in [0.25, 0.3) is 0 Å². The number of aromatic nitrogens is 2. The third-order valence-corrected chi connectivity index (χ3v) is 3.27. The van der Waals surface area contributed by atoms with E-state index >= 15 is 0 Å². The molecule has 1 saturated heterocycles. The Hall–Kier alpha value is -1.16. The number of anilines is 1. The van der Waals surface area contributed by atoms with Crippen LogP contribution >= 0.6 is 0 Å². The summed E-state index contributed by atoms with van der Waals surface area (Å²) in [6.07, 6.45) is 2.51. The van der Waals surface area contributed by atoms with E-state index in [1.165, 1.54) is 19.4 Å². The first-order valence-electron chi connectivity index (χ1n) is 6.48. The van der Waals surface area contributed by atoms with Gasteiger partial charge in [-0.05, 0) is 39.8 Å². The Kier molecular flexibility index (Phi) is 3.94. The molecule has 1 aliphatic heterocycles. The topological polar surface area (TPSA) is 41.0 Å². The molecule has 1 atom stereocenters. The molecule has 1 unspecified atom stereocenters. The van der Waals surface area contributed by atoms with Crippen LogP contribution in [0, 0.1) is 13.8 Å². The highest BCUT2D eigenvalue weighted by molar-refractivity contribution is 5.37. The molecule has 0 saturated carbocycles. The van der Waals surface area contributed by atoms with E-state index in [0.29, 0.717) is 6.04 Å². The van der Waals surface area contributed by atoms with E-state index in [0.717, 1.165) is 30.4 Å². The minimum Gasteiger partial charge on any atom is -0.366 e. The fourth-order valence-electron chi connectivity index (χ4n) is 2.46. The van der Waals surface area contributed by atoms with Crippen LogP contribution in [0.2, 0.25) is 0 Å². The lowest BCUT2D eigenvalue weighted by atomic mass is 10.1. The molecule has 4 nitrogen and oxygen atoms in total. The van der Waals surface area contributed by atoms with Crippen molar-refractivity contribution in [2.24, 2.45) is 0 Å². The standard InChI is InChI=1S/C13H22N4/c1-4-17-7-5-6-12(9-17)16-13-8-10(2)14-11(3)15-13/h8,12H,4-7,9H2,1-3H3,(H,14,15,16). The van der Waals surface area contributed by atoms with Crippen LogP contribution in [0.5, 0.6) is 0 Å². The zero-order chi connectivity index (χ0) is 12.3. The van der Waals surface area contributed by atoms with Crippen molar-refractivity contribution in [1.82, 2.24) is 14.9 Å². The third kappa shape index (κ3) is 3.40. The Morgan fingerprint density at radius 2 is 2.24 bits per heavy atom. The van der Waals surface area contributed by atoms with Crippen LogP contribution < -0.4 is 5.32 Å². The molecule has 1 aromatic rings. The predicted octanol–water partition coefficient (Wildman–Crippen LogP) is 1.99. The summed E-state index contributed by atoms with van der Waals surface area (Å²) in [5.74, 6) is 1.81. The Morgan fingerprint density at radius 3 is 2.94 bits per heavy atom. The SMILES string of the molecule is CCN1CCCC(Nc2cc(C)nc(C)n2)C1. The number of likely N-dealkylation sites (N-methyl/N-ethyl adjacent to an activating group) is 1. The highest BCUT2D eigenvalue weighted by Crippen LogP contribution is 2.15. The van der Waals surface area contributed by atoms with Crippen molar-refractivity contribution in [1.29, 1.82) is 0 Å². The first-order chi connectivity index (χ1) is 8.17. The van der Waals surface area contributed by atoms with Crippen LogP contribution in [-0.2, 0) is 0 Å². The van der Waals surface area contributed by atoms with Crippen molar-refractivity contribution in [3.63, 3.8) is 0 Å². The molecule has 1 aliphatic rings. The Labute approximate surface area is 103 Å². The molecule has 0 aromatic carbocycles. The van der Waals surface area contributed by atoms with Crippen LogP contribution in [0.4, 0.5) is 5.82 Å². The van der Waals surface area contributed by atoms with E-state index in [9.17, 15) is 0 Å². The van der Waals surface area contributed by atoms with Crippen LogP contribution in [0.25, 0.3) is 0 Å². The van der Waals surface area contributed by atoms with Crippen molar-refractivity contribution in [2.75, 3.05) is 25.0 Å². The molecule has 1 fully saturated rings. The number of aryl methyl sites for hydroxylation is 2. The van der Waals surface area contributed by atoms with E-state index in [2.05, 4.69) is 27.1 Å². The maximum atomic E-state index is 4.44. The van der Waals surface area contributed by atoms with Crippen molar-refractivity contribution >= 4 is 5.82 Å². The van der Waals surface area contributed by atoms with Gasteiger partial charge in [0.2, 0.25) is 0 Å². The van der Waals surface area contributed by atoms with Gasteiger partial charge in [0.05, 0.1) is 0 Å². The number of hydrogen-bond donors (Lipinski definition) is 1. The van der Waals surface area contributed by atoms with E-state index in [4.69, 9.17) is 0 Å². The lowest BCUT2D eigenvalue weighted by molar-refractivity contribution is 0.226. The lowest BCUT2D eigenvalue weighted by Crippen LogP contribution is -2.42. The average molecular weight is 234 g/mol. The van der Waals surface area contributed by atoms with E-state index < -0.39 is 0 Å². The molecule has 94 valence electrons. The molecule has 0 bridgehead atoms. The van der Waals surface area contributed by atoms with Gasteiger partial charge in [-0.1, -0.05) is 6.92 Å². The molecular weight excluding hydrogens is 212 g/mol. The van der Waals surface area contributed by atoms with Gasteiger partial charge in [-0.25, -0.2) is 9.97 Å². The Balaban J connectivity index is 2.00. The minimum absolute atomic E-state index is 0.525. The van der Waals surface area contributed by atoms with Crippen molar-refractivity contribution in [2.45, 2.75) is 39.7 Å². The summed E-state index contributed by atoms with van der Waals surface area (Å²) in [6.45, 7) is 9.67. The minimum atomic E-state index is 0.525. The van der Waals surface area contributed by atoms with Crippen LogP contribution in [0.1, 0.15) is 31.3 Å². The molecule has 2 rings (SSSR count). The molecule has 1 aromatic heterocycles. The number of rotatable bonds is 3. The fraction of sp³-hybridized carbons (Fsp3) is 0.692. The second-order valence-electron chi connectivity index (χ2n) is 4.82. The predicted molar refractivity (Wildman–Crippen MR) is 70.3 cm³/mol. The van der Waals surface area contributed by atoms with Gasteiger partial charge < -0.3 is 10.2 Å². The van der Waals surface area contributed by atoms with E-state index in [1.54, 1.807) is 0 Å². The number of likely N-dealkylation sites (tertiary alicyclic amines) is 1. The molecule has 17 heavy (non-hydrogen) atoms. The smallest absolute Gasteiger partial charge is 0.130 e. The molecule has 0 radical (unpaired) electrons.